The maximum atomic E-state index is 12.6. The van der Waals surface area contributed by atoms with Gasteiger partial charge in [0.25, 0.3) is 5.91 Å². The second-order valence-electron chi connectivity index (χ2n) is 6.63. The molecule has 0 saturated carbocycles. The predicted octanol–water partition coefficient (Wildman–Crippen LogP) is 3.25. The monoisotopic (exact) mass is 387 g/mol. The van der Waals surface area contributed by atoms with Crippen molar-refractivity contribution in [3.8, 4) is 0 Å². The van der Waals surface area contributed by atoms with Gasteiger partial charge in [0.15, 0.2) is 0 Å². The number of para-hydroxylation sites is 1. The summed E-state index contributed by atoms with van der Waals surface area (Å²) < 4.78 is 0. The quantitative estimate of drug-likeness (QED) is 0.711. The molecular weight excluding hydrogens is 362 g/mol. The van der Waals surface area contributed by atoms with Gasteiger partial charge in [0.05, 0.1) is 11.3 Å². The molecule has 2 amide bonds. The summed E-state index contributed by atoms with van der Waals surface area (Å²) in [5.41, 5.74) is 9.05. The number of carbonyl (C=O) groups is 2. The van der Waals surface area contributed by atoms with Gasteiger partial charge in [0.1, 0.15) is 0 Å². The number of nitrogens with two attached hydrogens (primary N) is 1. The molecule has 1 atom stereocenters. The van der Waals surface area contributed by atoms with Gasteiger partial charge in [-0.05, 0) is 48.4 Å². The van der Waals surface area contributed by atoms with Crippen molar-refractivity contribution in [3.05, 3.63) is 65.2 Å². The van der Waals surface area contributed by atoms with Crippen molar-refractivity contribution in [2.75, 3.05) is 18.4 Å². The fourth-order valence-electron chi connectivity index (χ4n) is 3.56. The minimum atomic E-state index is -0.227. The Bertz CT molecular complexity index is 795. The number of nitrogens with one attached hydrogen (secondary N) is 2. The van der Waals surface area contributed by atoms with E-state index in [1.807, 2.05) is 12.1 Å². The van der Waals surface area contributed by atoms with Crippen molar-refractivity contribution in [2.24, 2.45) is 5.73 Å². The maximum Gasteiger partial charge on any atom is 0.253 e. The molecule has 1 unspecified atom stereocenters. The molecule has 0 aromatic heterocycles. The summed E-state index contributed by atoms with van der Waals surface area (Å²) in [5, 5.41) is 5.66. The maximum absolute atomic E-state index is 12.6. The van der Waals surface area contributed by atoms with Crippen LogP contribution in [-0.4, -0.2) is 24.9 Å². The molecule has 144 valence electrons. The van der Waals surface area contributed by atoms with E-state index in [9.17, 15) is 9.59 Å². The van der Waals surface area contributed by atoms with Crippen LogP contribution < -0.4 is 16.4 Å². The second-order valence-corrected chi connectivity index (χ2v) is 6.63. The first-order valence-electron chi connectivity index (χ1n) is 9.14. The summed E-state index contributed by atoms with van der Waals surface area (Å²) in [4.78, 5) is 24.9. The smallest absolute Gasteiger partial charge is 0.253 e. The molecule has 0 saturated heterocycles. The molecule has 0 bridgehead atoms. The van der Waals surface area contributed by atoms with E-state index in [-0.39, 0.29) is 30.1 Å². The standard InChI is InChI=1S/C21H25N3O2.ClH/c22-12-13-23-21(26)18-10-3-4-11-19(18)24-20(25)14-16-8-5-7-15-6-1-2-9-17(15)16;/h1-4,6,9-11,16H,5,7-8,12-14,22H2,(H,23,26)(H,24,25);1H. The molecule has 5 nitrogen and oxygen atoms in total. The minimum absolute atomic E-state index is 0. The summed E-state index contributed by atoms with van der Waals surface area (Å²) in [6.07, 6.45) is 3.63. The van der Waals surface area contributed by atoms with Crippen LogP contribution in [0.15, 0.2) is 48.5 Å². The number of benzene rings is 2. The van der Waals surface area contributed by atoms with Gasteiger partial charge in [0, 0.05) is 19.5 Å². The molecule has 2 aromatic rings. The fourth-order valence-corrected chi connectivity index (χ4v) is 3.56. The van der Waals surface area contributed by atoms with Crippen LogP contribution in [0.25, 0.3) is 0 Å². The first-order chi connectivity index (χ1) is 12.7. The molecule has 4 N–H and O–H groups in total. The lowest BCUT2D eigenvalue weighted by molar-refractivity contribution is -0.116. The first kappa shape index (κ1) is 20.9. The van der Waals surface area contributed by atoms with Gasteiger partial charge in [0.2, 0.25) is 5.91 Å². The summed E-state index contributed by atoms with van der Waals surface area (Å²) in [7, 11) is 0. The molecule has 1 aliphatic carbocycles. The van der Waals surface area contributed by atoms with Crippen LogP contribution >= 0.6 is 12.4 Å². The van der Waals surface area contributed by atoms with E-state index < -0.39 is 0 Å². The normalized spacial score (nSPS) is 15.2. The van der Waals surface area contributed by atoms with Gasteiger partial charge in [-0.15, -0.1) is 12.4 Å². The zero-order valence-corrected chi connectivity index (χ0v) is 16.1. The molecule has 3 rings (SSSR count). The SMILES string of the molecule is Cl.NCCNC(=O)c1ccccc1NC(=O)CC1CCCc2ccccc21. The third kappa shape index (κ3) is 5.31. The van der Waals surface area contributed by atoms with Gasteiger partial charge < -0.3 is 16.4 Å². The third-order valence-electron chi connectivity index (χ3n) is 4.80. The van der Waals surface area contributed by atoms with Crippen LogP contribution in [0.1, 0.15) is 46.7 Å². The second kappa shape index (κ2) is 10.1. The summed E-state index contributed by atoms with van der Waals surface area (Å²) in [6.45, 7) is 0.779. The van der Waals surface area contributed by atoms with E-state index in [1.54, 1.807) is 18.2 Å². The highest BCUT2D eigenvalue weighted by atomic mass is 35.5. The van der Waals surface area contributed by atoms with E-state index in [1.165, 1.54) is 11.1 Å². The lowest BCUT2D eigenvalue weighted by Gasteiger charge is -2.25. The van der Waals surface area contributed by atoms with E-state index in [4.69, 9.17) is 5.73 Å². The average Bonchev–Trinajstić information content (AvgIpc) is 2.67. The number of halogens is 1. The van der Waals surface area contributed by atoms with Crippen molar-refractivity contribution in [1.82, 2.24) is 5.32 Å². The molecule has 0 fully saturated rings. The summed E-state index contributed by atoms with van der Waals surface area (Å²) in [5.74, 6) is -0.0571. The van der Waals surface area contributed by atoms with Crippen LogP contribution in [-0.2, 0) is 11.2 Å². The Morgan fingerprint density at radius 2 is 1.81 bits per heavy atom. The zero-order valence-electron chi connectivity index (χ0n) is 15.2. The average molecular weight is 388 g/mol. The highest BCUT2D eigenvalue weighted by Crippen LogP contribution is 2.34. The Kier molecular flexibility index (Phi) is 7.82. The summed E-state index contributed by atoms with van der Waals surface area (Å²) >= 11 is 0. The number of aryl methyl sites for hydroxylation is 1. The van der Waals surface area contributed by atoms with Crippen LogP contribution in [0.5, 0.6) is 0 Å². The van der Waals surface area contributed by atoms with Crippen LogP contribution in [0, 0.1) is 0 Å². The van der Waals surface area contributed by atoms with Gasteiger partial charge in [-0.25, -0.2) is 0 Å². The van der Waals surface area contributed by atoms with E-state index in [2.05, 4.69) is 28.8 Å². The Morgan fingerprint density at radius 3 is 2.63 bits per heavy atom. The number of rotatable bonds is 6. The van der Waals surface area contributed by atoms with E-state index in [0.717, 1.165) is 19.3 Å². The molecule has 0 spiro atoms. The number of anilines is 1. The lowest BCUT2D eigenvalue weighted by atomic mass is 9.81. The highest BCUT2D eigenvalue weighted by Gasteiger charge is 2.23. The van der Waals surface area contributed by atoms with E-state index in [0.29, 0.717) is 30.8 Å². The number of carbonyl (C=O) groups excluding carboxylic acids is 2. The largest absolute Gasteiger partial charge is 0.351 e. The van der Waals surface area contributed by atoms with Gasteiger partial charge in [-0.1, -0.05) is 36.4 Å². The molecule has 2 aromatic carbocycles. The number of hydrogen-bond acceptors (Lipinski definition) is 3. The Morgan fingerprint density at radius 1 is 1.07 bits per heavy atom. The van der Waals surface area contributed by atoms with Crippen LogP contribution in [0.2, 0.25) is 0 Å². The van der Waals surface area contributed by atoms with Gasteiger partial charge >= 0.3 is 0 Å². The lowest BCUT2D eigenvalue weighted by Crippen LogP contribution is -2.30. The fraction of sp³-hybridized carbons (Fsp3) is 0.333. The topological polar surface area (TPSA) is 84.2 Å². The summed E-state index contributed by atoms with van der Waals surface area (Å²) in [6, 6.07) is 15.4. The highest BCUT2D eigenvalue weighted by molar-refractivity contribution is 6.03. The Labute approximate surface area is 166 Å². The van der Waals surface area contributed by atoms with Crippen molar-refractivity contribution in [3.63, 3.8) is 0 Å². The molecule has 1 aliphatic rings. The first-order valence-corrected chi connectivity index (χ1v) is 9.14. The predicted molar refractivity (Wildman–Crippen MR) is 110 cm³/mol. The third-order valence-corrected chi connectivity index (χ3v) is 4.80. The van der Waals surface area contributed by atoms with E-state index >= 15 is 0 Å². The Hall–Kier alpha value is -2.37. The number of fused-ring (bicyclic) bond motifs is 1. The van der Waals surface area contributed by atoms with Crippen molar-refractivity contribution < 1.29 is 9.59 Å². The van der Waals surface area contributed by atoms with Crippen LogP contribution in [0.4, 0.5) is 5.69 Å². The molecule has 0 radical (unpaired) electrons. The zero-order chi connectivity index (χ0) is 18.4. The molecule has 27 heavy (non-hydrogen) atoms. The molecule has 0 heterocycles. The number of hydrogen-bond donors (Lipinski definition) is 3. The van der Waals surface area contributed by atoms with Gasteiger partial charge in [-0.2, -0.15) is 0 Å². The Balaban J connectivity index is 0.00000261. The number of amides is 2. The molecule has 0 aliphatic heterocycles. The van der Waals surface area contributed by atoms with Crippen molar-refractivity contribution >= 4 is 29.9 Å². The van der Waals surface area contributed by atoms with Gasteiger partial charge in [-0.3, -0.25) is 9.59 Å². The minimum Gasteiger partial charge on any atom is -0.351 e. The van der Waals surface area contributed by atoms with Crippen molar-refractivity contribution in [2.45, 2.75) is 31.6 Å². The molecule has 6 heteroatoms. The molecular formula is C21H26ClN3O2. The van der Waals surface area contributed by atoms with Crippen molar-refractivity contribution in [1.29, 1.82) is 0 Å². The van der Waals surface area contributed by atoms with Crippen LogP contribution in [0.3, 0.4) is 0 Å².